The summed E-state index contributed by atoms with van der Waals surface area (Å²) in [7, 11) is 0. The fourth-order valence-corrected chi connectivity index (χ4v) is 7.92. The SMILES string of the molecule is O=C(O)c1c(C2CCc3ccccc3C2)csc1N(I)C(=O)c1ccc(N2C3CCC2COC3)cc1. The van der Waals surface area contributed by atoms with Crippen LogP contribution in [-0.4, -0.2) is 42.3 Å². The first-order valence-electron chi connectivity index (χ1n) is 12.4. The van der Waals surface area contributed by atoms with E-state index in [-0.39, 0.29) is 17.4 Å². The Balaban J connectivity index is 1.23. The minimum Gasteiger partial charge on any atom is -0.478 e. The lowest BCUT2D eigenvalue weighted by Gasteiger charge is -2.36. The summed E-state index contributed by atoms with van der Waals surface area (Å²) in [5.74, 6) is -1.05. The second kappa shape index (κ2) is 9.79. The number of rotatable bonds is 5. The topological polar surface area (TPSA) is 70.1 Å². The number of nitrogens with zero attached hydrogens (tertiary/aromatic N) is 2. The van der Waals surface area contributed by atoms with E-state index >= 15 is 0 Å². The lowest BCUT2D eigenvalue weighted by molar-refractivity contribution is 0.0696. The first kappa shape index (κ1) is 23.9. The summed E-state index contributed by atoms with van der Waals surface area (Å²) in [5, 5.41) is 12.6. The molecule has 0 radical (unpaired) electrons. The van der Waals surface area contributed by atoms with Crippen molar-refractivity contribution >= 4 is 56.8 Å². The number of carbonyl (C=O) groups is 2. The van der Waals surface area contributed by atoms with Crippen molar-refractivity contribution in [3.8, 4) is 0 Å². The van der Waals surface area contributed by atoms with Gasteiger partial charge in [-0.25, -0.2) is 7.91 Å². The van der Waals surface area contributed by atoms with Gasteiger partial charge in [0.1, 0.15) is 5.00 Å². The molecule has 3 atom stereocenters. The van der Waals surface area contributed by atoms with Crippen LogP contribution in [0.5, 0.6) is 0 Å². The van der Waals surface area contributed by atoms with Crippen LogP contribution in [0.1, 0.15) is 62.6 Å². The number of aromatic carboxylic acids is 1. The molecule has 0 saturated carbocycles. The lowest BCUT2D eigenvalue weighted by atomic mass is 9.80. The van der Waals surface area contributed by atoms with Crippen molar-refractivity contribution in [2.45, 2.75) is 50.1 Å². The van der Waals surface area contributed by atoms with Crippen LogP contribution in [0.4, 0.5) is 10.7 Å². The van der Waals surface area contributed by atoms with E-state index in [4.69, 9.17) is 4.74 Å². The maximum absolute atomic E-state index is 13.4. The number of carboxylic acids is 1. The molecular weight excluding hydrogens is 587 g/mol. The van der Waals surface area contributed by atoms with Crippen LogP contribution in [0.15, 0.2) is 53.9 Å². The molecule has 2 fully saturated rings. The zero-order valence-corrected chi connectivity index (χ0v) is 22.7. The highest BCUT2D eigenvalue weighted by atomic mass is 127. The maximum Gasteiger partial charge on any atom is 0.339 e. The predicted octanol–water partition coefficient (Wildman–Crippen LogP) is 6.08. The number of thiophene rings is 1. The first-order valence-corrected chi connectivity index (χ1v) is 14.2. The van der Waals surface area contributed by atoms with Crippen LogP contribution >= 0.6 is 34.2 Å². The second-order valence-electron chi connectivity index (χ2n) is 9.85. The lowest BCUT2D eigenvalue weighted by Crippen LogP contribution is -2.45. The molecule has 2 saturated heterocycles. The number of morpholine rings is 1. The number of halogens is 1. The molecule has 186 valence electrons. The Bertz CT molecular complexity index is 1290. The Labute approximate surface area is 228 Å². The molecular formula is C28H27IN2O4S. The summed E-state index contributed by atoms with van der Waals surface area (Å²) in [6, 6.07) is 16.9. The van der Waals surface area contributed by atoms with Gasteiger partial charge < -0.3 is 14.7 Å². The molecule has 2 aliphatic heterocycles. The van der Waals surface area contributed by atoms with Gasteiger partial charge in [-0.2, -0.15) is 0 Å². The average Bonchev–Trinajstić information content (AvgIpc) is 3.46. The highest BCUT2D eigenvalue weighted by Crippen LogP contribution is 2.42. The van der Waals surface area contributed by atoms with E-state index in [0.29, 0.717) is 22.6 Å². The molecule has 8 heteroatoms. The van der Waals surface area contributed by atoms with Gasteiger partial charge in [0.25, 0.3) is 5.91 Å². The van der Waals surface area contributed by atoms with Crippen molar-refractivity contribution < 1.29 is 19.4 Å². The van der Waals surface area contributed by atoms with Crippen LogP contribution in [0.3, 0.4) is 0 Å². The molecule has 6 nitrogen and oxygen atoms in total. The normalized spacial score (nSPS) is 22.8. The molecule has 2 aromatic carbocycles. The van der Waals surface area contributed by atoms with Gasteiger partial charge in [-0.15, -0.1) is 11.3 Å². The van der Waals surface area contributed by atoms with E-state index in [1.165, 1.54) is 25.6 Å². The highest BCUT2D eigenvalue weighted by molar-refractivity contribution is 14.1. The number of aryl methyl sites for hydroxylation is 1. The number of benzene rings is 2. The summed E-state index contributed by atoms with van der Waals surface area (Å²) in [5.41, 5.74) is 5.39. The van der Waals surface area contributed by atoms with Crippen molar-refractivity contribution in [2.75, 3.05) is 21.2 Å². The van der Waals surface area contributed by atoms with E-state index in [1.807, 2.05) is 58.6 Å². The number of hydrogen-bond acceptors (Lipinski definition) is 5. The number of carboxylic acid groups (broad SMARTS) is 1. The minimum absolute atomic E-state index is 0.138. The van der Waals surface area contributed by atoms with Gasteiger partial charge in [0.2, 0.25) is 0 Å². The summed E-state index contributed by atoms with van der Waals surface area (Å²) in [6.45, 7) is 1.51. The summed E-state index contributed by atoms with van der Waals surface area (Å²) in [6.07, 6.45) is 4.95. The Kier molecular flexibility index (Phi) is 6.51. The van der Waals surface area contributed by atoms with Gasteiger partial charge in [0.15, 0.2) is 0 Å². The zero-order valence-electron chi connectivity index (χ0n) is 19.7. The minimum atomic E-state index is -0.979. The Morgan fingerprint density at radius 2 is 1.69 bits per heavy atom. The summed E-state index contributed by atoms with van der Waals surface area (Å²) < 4.78 is 7.17. The van der Waals surface area contributed by atoms with E-state index in [9.17, 15) is 14.7 Å². The van der Waals surface area contributed by atoms with Gasteiger partial charge in [0, 0.05) is 11.3 Å². The number of fused-ring (bicyclic) bond motifs is 3. The first-order chi connectivity index (χ1) is 17.5. The largest absolute Gasteiger partial charge is 0.478 e. The fourth-order valence-electron chi connectivity index (χ4n) is 6.02. The van der Waals surface area contributed by atoms with Gasteiger partial charge >= 0.3 is 5.97 Å². The third-order valence-electron chi connectivity index (χ3n) is 7.81. The molecule has 2 bridgehead atoms. The maximum atomic E-state index is 13.4. The van der Waals surface area contributed by atoms with Gasteiger partial charge in [-0.3, -0.25) is 4.79 Å². The van der Waals surface area contributed by atoms with Crippen molar-refractivity contribution in [1.82, 2.24) is 0 Å². The summed E-state index contributed by atoms with van der Waals surface area (Å²) >= 11 is 3.29. The Morgan fingerprint density at radius 1 is 1.00 bits per heavy atom. The van der Waals surface area contributed by atoms with Crippen LogP contribution in [0.2, 0.25) is 0 Å². The molecule has 3 aromatic rings. The quantitative estimate of drug-likeness (QED) is 0.279. The number of anilines is 2. The number of ether oxygens (including phenoxy) is 1. The number of amides is 1. The monoisotopic (exact) mass is 614 g/mol. The molecule has 3 heterocycles. The highest BCUT2D eigenvalue weighted by Gasteiger charge is 2.37. The molecule has 6 rings (SSSR count). The number of hydrogen-bond donors (Lipinski definition) is 1. The predicted molar refractivity (Wildman–Crippen MR) is 150 cm³/mol. The molecule has 1 aliphatic carbocycles. The van der Waals surface area contributed by atoms with E-state index in [2.05, 4.69) is 23.1 Å². The Morgan fingerprint density at radius 3 is 2.39 bits per heavy atom. The van der Waals surface area contributed by atoms with Gasteiger partial charge in [0.05, 0.1) is 53.7 Å². The molecule has 0 spiro atoms. The smallest absolute Gasteiger partial charge is 0.339 e. The van der Waals surface area contributed by atoms with Gasteiger partial charge in [-0.05, 0) is 84.4 Å². The van der Waals surface area contributed by atoms with E-state index in [0.717, 1.165) is 56.6 Å². The third kappa shape index (κ3) is 4.22. The standard InChI is InChI=1S/C28H27IN2O4S/c29-31(26(32)18-7-9-21(10-8-18)30-22-11-12-23(30)15-35-14-22)27-25(28(33)34)24(16-36-27)20-6-5-17-3-1-2-4-19(17)13-20/h1-4,7-10,16,20,22-23H,5-6,11-15H2,(H,33,34). The molecule has 1 N–H and O–H groups in total. The summed E-state index contributed by atoms with van der Waals surface area (Å²) in [4.78, 5) is 28.2. The molecule has 1 amide bonds. The molecule has 1 aromatic heterocycles. The van der Waals surface area contributed by atoms with Crippen LogP contribution in [0.25, 0.3) is 0 Å². The second-order valence-corrected chi connectivity index (χ2v) is 11.7. The van der Waals surface area contributed by atoms with Crippen molar-refractivity contribution in [2.24, 2.45) is 0 Å². The third-order valence-corrected chi connectivity index (χ3v) is 10.0. The van der Waals surface area contributed by atoms with Crippen molar-refractivity contribution in [3.05, 3.63) is 81.7 Å². The van der Waals surface area contributed by atoms with Gasteiger partial charge in [-0.1, -0.05) is 24.3 Å². The average molecular weight is 615 g/mol. The fraction of sp³-hybridized carbons (Fsp3) is 0.357. The molecule has 3 unspecified atom stereocenters. The van der Waals surface area contributed by atoms with Crippen molar-refractivity contribution in [1.29, 1.82) is 0 Å². The van der Waals surface area contributed by atoms with E-state index in [1.54, 1.807) is 0 Å². The van der Waals surface area contributed by atoms with Crippen LogP contribution in [0, 0.1) is 0 Å². The van der Waals surface area contributed by atoms with Crippen LogP contribution < -0.4 is 8.01 Å². The van der Waals surface area contributed by atoms with E-state index < -0.39 is 5.97 Å². The number of carbonyl (C=O) groups excluding carboxylic acids is 1. The Hall–Kier alpha value is -2.43. The molecule has 3 aliphatic rings. The van der Waals surface area contributed by atoms with Crippen molar-refractivity contribution in [3.63, 3.8) is 0 Å². The molecule has 36 heavy (non-hydrogen) atoms. The zero-order chi connectivity index (χ0) is 24.8. The van der Waals surface area contributed by atoms with Crippen LogP contribution in [-0.2, 0) is 17.6 Å².